The van der Waals surface area contributed by atoms with Gasteiger partial charge in [0.15, 0.2) is 0 Å². The summed E-state index contributed by atoms with van der Waals surface area (Å²) in [5.41, 5.74) is 11.4. The van der Waals surface area contributed by atoms with Crippen LogP contribution in [-0.2, 0) is 28.2 Å². The summed E-state index contributed by atoms with van der Waals surface area (Å²) in [5.74, 6) is 0. The van der Waals surface area contributed by atoms with Gasteiger partial charge in [-0.05, 0) is 0 Å². The van der Waals surface area contributed by atoms with E-state index in [4.69, 9.17) is 0 Å². The molecule has 0 aromatic heterocycles. The van der Waals surface area contributed by atoms with Crippen molar-refractivity contribution in [3.05, 3.63) is 153 Å². The van der Waals surface area contributed by atoms with Gasteiger partial charge in [0.25, 0.3) is 0 Å². The molecule has 0 aliphatic heterocycles. The average molecular weight is 656 g/mol. The Bertz CT molecular complexity index is 1600. The average Bonchev–Trinajstić information content (AvgIpc) is 3.67. The van der Waals surface area contributed by atoms with Crippen molar-refractivity contribution in [1.29, 1.82) is 0 Å². The van der Waals surface area contributed by atoms with Crippen molar-refractivity contribution in [1.82, 2.24) is 0 Å². The second-order valence-corrected chi connectivity index (χ2v) is 17.4. The molecule has 0 atom stereocenters. The van der Waals surface area contributed by atoms with E-state index in [0.29, 0.717) is 4.22 Å². The predicted octanol–water partition coefficient (Wildman–Crippen LogP) is 4.87. The van der Waals surface area contributed by atoms with E-state index >= 15 is 0 Å². The van der Waals surface area contributed by atoms with Gasteiger partial charge in [0, 0.05) is 0 Å². The van der Waals surface area contributed by atoms with Crippen LogP contribution in [-0.4, -0.2) is 3.81 Å². The third-order valence-corrected chi connectivity index (χ3v) is 15.9. The topological polar surface area (TPSA) is 0 Å². The molecule has 0 nitrogen and oxygen atoms in total. The van der Waals surface area contributed by atoms with Crippen molar-refractivity contribution in [2.24, 2.45) is 0 Å². The molecule has 6 rings (SSSR count). The van der Waals surface area contributed by atoms with Crippen molar-refractivity contribution >= 4 is 3.81 Å². The number of rotatable bonds is 8. The molecule has 0 N–H and O–H groups in total. The van der Waals surface area contributed by atoms with Crippen molar-refractivity contribution in [2.75, 3.05) is 0 Å². The Morgan fingerprint density at radius 2 is 1.09 bits per heavy atom. The number of allylic oxidation sites excluding steroid dienone is 4. The summed E-state index contributed by atoms with van der Waals surface area (Å²) in [6, 6.07) is 37.0. The number of hydrogen-bond donors (Lipinski definition) is 0. The molecule has 0 saturated carbocycles. The van der Waals surface area contributed by atoms with Crippen LogP contribution in [0.5, 0.6) is 0 Å². The summed E-state index contributed by atoms with van der Waals surface area (Å²) in [6.45, 7) is 14.3. The van der Waals surface area contributed by atoms with Crippen LogP contribution in [0.2, 0.25) is 0 Å². The molecule has 0 unspecified atom stereocenters. The quantitative estimate of drug-likeness (QED) is 0.238. The molecule has 0 bridgehead atoms. The summed E-state index contributed by atoms with van der Waals surface area (Å²) < 4.78 is 4.08. The largest absolute Gasteiger partial charge is 1.00 e. The monoisotopic (exact) mass is 654 g/mol. The van der Waals surface area contributed by atoms with E-state index in [1.54, 1.807) is 15.0 Å². The fraction of sp³-hybridized carbons (Fsp3) is 0.293. The normalized spacial score (nSPS) is 13.6. The molecule has 4 aromatic rings. The van der Waals surface area contributed by atoms with Gasteiger partial charge in [-0.15, -0.1) is 0 Å². The van der Waals surface area contributed by atoms with Crippen molar-refractivity contribution in [3.63, 3.8) is 0 Å². The Morgan fingerprint density at radius 1 is 0.636 bits per heavy atom. The van der Waals surface area contributed by atoms with Gasteiger partial charge in [-0.2, -0.15) is 0 Å². The molecule has 226 valence electrons. The maximum Gasteiger partial charge on any atom is -1.00 e. The fourth-order valence-electron chi connectivity index (χ4n) is 7.28. The summed E-state index contributed by atoms with van der Waals surface area (Å²) in [7, 11) is 0. The Labute approximate surface area is 283 Å². The third-order valence-electron chi connectivity index (χ3n) is 10.1. The van der Waals surface area contributed by atoms with E-state index in [-0.39, 0.29) is 35.6 Å². The van der Waals surface area contributed by atoms with Crippen molar-refractivity contribution in [2.45, 2.75) is 75.9 Å². The molecule has 0 fully saturated rings. The summed E-state index contributed by atoms with van der Waals surface area (Å²) in [4.78, 5) is 0. The Kier molecular flexibility index (Phi) is 10.9. The van der Waals surface area contributed by atoms with Crippen molar-refractivity contribution in [3.8, 4) is 11.1 Å². The van der Waals surface area contributed by atoms with E-state index in [0.717, 1.165) is 6.42 Å². The minimum absolute atomic E-state index is 0. The molecule has 2 aliphatic rings. The van der Waals surface area contributed by atoms with Crippen LogP contribution in [0.15, 0.2) is 119 Å². The van der Waals surface area contributed by atoms with Crippen LogP contribution >= 0.6 is 0 Å². The second kappa shape index (κ2) is 13.9. The molecule has 0 heterocycles. The Balaban J connectivity index is 0.00000221. The molecule has 0 radical (unpaired) electrons. The minimum atomic E-state index is -1.82. The number of fused-ring (bicyclic) bond motifs is 3. The maximum atomic E-state index is 2.55. The first kappa shape index (κ1) is 34.4. The predicted molar refractivity (Wildman–Crippen MR) is 178 cm³/mol. The van der Waals surface area contributed by atoms with Crippen LogP contribution in [0.3, 0.4) is 0 Å². The molecule has 4 aromatic carbocycles. The Morgan fingerprint density at radius 3 is 1.48 bits per heavy atom. The molecule has 0 amide bonds. The van der Waals surface area contributed by atoms with Crippen LogP contribution in [0, 0.1) is 0 Å². The molecule has 0 saturated heterocycles. The van der Waals surface area contributed by atoms with E-state index in [2.05, 4.69) is 157 Å². The van der Waals surface area contributed by atoms with E-state index in [1.165, 1.54) is 46.2 Å². The fourth-order valence-corrected chi connectivity index (χ4v) is 13.1. The zero-order valence-corrected chi connectivity index (χ0v) is 30.0. The van der Waals surface area contributed by atoms with Gasteiger partial charge >= 0.3 is 261 Å². The first-order valence-corrected chi connectivity index (χ1v) is 18.2. The maximum absolute atomic E-state index is 2.55. The number of benzene rings is 4. The van der Waals surface area contributed by atoms with Gasteiger partial charge < -0.3 is 24.8 Å². The number of halogens is 2. The molecular weight excluding hydrogens is 611 g/mol. The molecule has 2 aliphatic carbocycles. The Hall–Kier alpha value is -2.48. The van der Waals surface area contributed by atoms with E-state index in [1.807, 2.05) is 3.81 Å². The van der Waals surface area contributed by atoms with E-state index in [9.17, 15) is 0 Å². The molecular formula is C41H44Cl2Ti. The third kappa shape index (κ3) is 6.04. The molecule has 3 heteroatoms. The van der Waals surface area contributed by atoms with E-state index < -0.39 is 17.4 Å². The smallest absolute Gasteiger partial charge is 1.00 e. The van der Waals surface area contributed by atoms with Gasteiger partial charge in [0.05, 0.1) is 0 Å². The van der Waals surface area contributed by atoms with Crippen LogP contribution in [0.4, 0.5) is 0 Å². The zero-order chi connectivity index (χ0) is 29.5. The van der Waals surface area contributed by atoms with Crippen LogP contribution in [0.25, 0.3) is 11.1 Å². The van der Waals surface area contributed by atoms with Gasteiger partial charge in [-0.3, -0.25) is 0 Å². The van der Waals surface area contributed by atoms with Crippen molar-refractivity contribution < 1.29 is 42.2 Å². The van der Waals surface area contributed by atoms with Gasteiger partial charge in [0.2, 0.25) is 0 Å². The summed E-state index contributed by atoms with van der Waals surface area (Å²) in [6.07, 6.45) is 10.7. The van der Waals surface area contributed by atoms with Crippen LogP contribution in [0.1, 0.15) is 98.4 Å². The van der Waals surface area contributed by atoms with Gasteiger partial charge in [-0.1, -0.05) is 0 Å². The first-order valence-electron chi connectivity index (χ1n) is 15.8. The zero-order valence-electron chi connectivity index (χ0n) is 26.9. The standard InChI is InChI=1S/C31H29.C5H5.C5H10.2ClH.Ti/c1-30(2,24-11-7-5-8-12-24)26-17-15-22-19-23-16-18-27(21-29(23)28(22)20-26)31(3,4)25-13-9-6-10-14-25;1-2-4-5-3-1;1-3-5-4-2;;;/h5-21H,1-4H3;1-3H,4H2;3-4H2,1-2H3;2*1H;/q;;;;;+2/p-2. The molecule has 0 spiro atoms. The van der Waals surface area contributed by atoms with Crippen LogP contribution < -0.4 is 24.8 Å². The summed E-state index contributed by atoms with van der Waals surface area (Å²) >= 11 is -1.82. The molecule has 44 heavy (non-hydrogen) atoms. The summed E-state index contributed by atoms with van der Waals surface area (Å²) in [5, 5.41) is 0. The van der Waals surface area contributed by atoms with Gasteiger partial charge in [-0.25, -0.2) is 0 Å². The first-order chi connectivity index (χ1) is 20.3. The minimum Gasteiger partial charge on any atom is -1.00 e. The SMILES string of the molecule is CC[C](CC)=[Ti+2]([C]1=CC=CC1)[CH]1c2ccc(C(C)(C)c3ccccc3)cc2-c2cc(C(C)(C)c3ccccc3)ccc21.[Cl-].[Cl-]. The van der Waals surface area contributed by atoms with Gasteiger partial charge in [0.1, 0.15) is 0 Å². The number of hydrogen-bond acceptors (Lipinski definition) is 0. The second-order valence-electron chi connectivity index (χ2n) is 13.1.